The fraction of sp³-hybridized carbons (Fsp3) is 0.657. The molecule has 0 radical (unpaired) electrons. The Bertz CT molecular complexity index is 1550. The first-order valence-electron chi connectivity index (χ1n) is 17.4. The van der Waals surface area contributed by atoms with E-state index in [0.717, 1.165) is 12.8 Å². The number of hydrogen-bond acceptors (Lipinski definition) is 10. The predicted molar refractivity (Wildman–Crippen MR) is 188 cm³/mol. The van der Waals surface area contributed by atoms with Gasteiger partial charge >= 0.3 is 11.8 Å². The predicted octanol–water partition coefficient (Wildman–Crippen LogP) is 7.40. The van der Waals surface area contributed by atoms with Crippen molar-refractivity contribution in [2.75, 3.05) is 6.61 Å². The van der Waals surface area contributed by atoms with Gasteiger partial charge in [0.25, 0.3) is 11.2 Å². The van der Waals surface area contributed by atoms with Crippen LogP contribution in [0.25, 0.3) is 0 Å². The molecule has 0 spiro atoms. The van der Waals surface area contributed by atoms with Gasteiger partial charge in [-0.25, -0.2) is 9.59 Å². The second-order valence-electron chi connectivity index (χ2n) is 13.8. The molecule has 0 saturated carbocycles. The highest BCUT2D eigenvalue weighted by molar-refractivity contribution is 6.77. The van der Waals surface area contributed by atoms with E-state index in [9.17, 15) is 29.3 Å². The molecule has 3 rings (SSSR count). The van der Waals surface area contributed by atoms with E-state index in [-0.39, 0.29) is 40.3 Å². The quantitative estimate of drug-likeness (QED) is 0.0437. The molecular formula is C35H53N3O10Si. The molecule has 1 fully saturated rings. The number of carbonyl (C=O) groups is 2. The van der Waals surface area contributed by atoms with Gasteiger partial charge < -0.3 is 18.6 Å². The van der Waals surface area contributed by atoms with Gasteiger partial charge in [0.05, 0.1) is 11.0 Å². The molecule has 1 saturated heterocycles. The van der Waals surface area contributed by atoms with Crippen LogP contribution in [0.1, 0.15) is 122 Å². The van der Waals surface area contributed by atoms with Gasteiger partial charge in [0, 0.05) is 41.8 Å². The van der Waals surface area contributed by atoms with Crippen molar-refractivity contribution in [2.45, 2.75) is 141 Å². The van der Waals surface area contributed by atoms with Crippen LogP contribution in [0.15, 0.2) is 40.1 Å². The smallest absolute Gasteiger partial charge is 0.434 e. The summed E-state index contributed by atoms with van der Waals surface area (Å²) < 4.78 is 26.1. The number of benzene rings is 1. The van der Waals surface area contributed by atoms with Crippen LogP contribution in [0.4, 0.5) is 10.5 Å². The van der Waals surface area contributed by atoms with E-state index in [1.165, 1.54) is 29.0 Å². The maximum absolute atomic E-state index is 13.3. The number of hydrogen-bond donors (Lipinski definition) is 1. The largest absolute Gasteiger partial charge is 0.508 e. The highest BCUT2D eigenvalue weighted by Crippen LogP contribution is 2.47. The zero-order chi connectivity index (χ0) is 36.6. The van der Waals surface area contributed by atoms with E-state index in [0.29, 0.717) is 24.8 Å². The molecule has 49 heavy (non-hydrogen) atoms. The summed E-state index contributed by atoms with van der Waals surface area (Å²) in [7, 11) is -2.64. The van der Waals surface area contributed by atoms with Crippen LogP contribution in [0, 0.1) is 10.1 Å². The Balaban J connectivity index is 1.89. The number of rotatable bonds is 17. The van der Waals surface area contributed by atoms with E-state index < -0.39 is 61.1 Å². The number of nitrogens with one attached hydrogen (secondary N) is 1. The minimum absolute atomic E-state index is 0.154. The first kappa shape index (κ1) is 39.8. The second-order valence-corrected chi connectivity index (χ2v) is 19.3. The Morgan fingerprint density at radius 2 is 1.65 bits per heavy atom. The third-order valence-corrected chi connectivity index (χ3v) is 15.7. The van der Waals surface area contributed by atoms with Crippen LogP contribution in [-0.2, 0) is 18.6 Å². The first-order valence-corrected chi connectivity index (χ1v) is 19.5. The zero-order valence-electron chi connectivity index (χ0n) is 30.2. The molecule has 5 atom stereocenters. The van der Waals surface area contributed by atoms with Gasteiger partial charge in [0.2, 0.25) is 8.32 Å². The third kappa shape index (κ3) is 9.14. The summed E-state index contributed by atoms with van der Waals surface area (Å²) >= 11 is 0. The Kier molecular flexibility index (Phi) is 14.1. The van der Waals surface area contributed by atoms with Gasteiger partial charge in [0.1, 0.15) is 12.7 Å². The van der Waals surface area contributed by atoms with Crippen molar-refractivity contribution in [3.8, 4) is 0 Å². The average molecular weight is 704 g/mol. The van der Waals surface area contributed by atoms with Gasteiger partial charge in [0.15, 0.2) is 18.1 Å². The van der Waals surface area contributed by atoms with Gasteiger partial charge in [-0.05, 0) is 29.5 Å². The molecule has 0 amide bonds. The average Bonchev–Trinajstić information content (AvgIpc) is 3.37. The molecule has 0 bridgehead atoms. The maximum atomic E-state index is 13.3. The molecule has 1 N–H and O–H groups in total. The van der Waals surface area contributed by atoms with E-state index in [1.54, 1.807) is 13.0 Å². The van der Waals surface area contributed by atoms with E-state index in [4.69, 9.17) is 18.6 Å². The fourth-order valence-corrected chi connectivity index (χ4v) is 12.7. The molecule has 1 aliphatic heterocycles. The maximum Gasteiger partial charge on any atom is 0.508 e. The molecule has 1 aromatic carbocycles. The van der Waals surface area contributed by atoms with Crippen molar-refractivity contribution in [3.05, 3.63) is 72.5 Å². The molecule has 14 heteroatoms. The van der Waals surface area contributed by atoms with Crippen molar-refractivity contribution in [2.24, 2.45) is 0 Å². The Hall–Kier alpha value is -3.62. The molecule has 1 aliphatic rings. The molecule has 2 aromatic rings. The first-order chi connectivity index (χ1) is 23.1. The number of aromatic amines is 1. The van der Waals surface area contributed by atoms with E-state index >= 15 is 0 Å². The minimum Gasteiger partial charge on any atom is -0.434 e. The molecule has 272 valence electrons. The molecule has 2 unspecified atom stereocenters. The van der Waals surface area contributed by atoms with Crippen molar-refractivity contribution in [1.82, 2.24) is 9.55 Å². The monoisotopic (exact) mass is 703 g/mol. The summed E-state index contributed by atoms with van der Waals surface area (Å²) in [6, 6.07) is 5.61. The van der Waals surface area contributed by atoms with E-state index in [1.807, 2.05) is 13.8 Å². The molecule has 0 aliphatic carbocycles. The number of nitro groups is 1. The minimum atomic E-state index is -2.64. The zero-order valence-corrected chi connectivity index (χ0v) is 31.2. The second kappa shape index (κ2) is 17.3. The van der Waals surface area contributed by atoms with Crippen LogP contribution < -0.4 is 11.2 Å². The fourth-order valence-electron chi connectivity index (χ4n) is 7.20. The Labute approximate surface area is 289 Å². The van der Waals surface area contributed by atoms with Crippen molar-refractivity contribution < 1.29 is 33.1 Å². The van der Waals surface area contributed by atoms with Crippen LogP contribution in [0.5, 0.6) is 0 Å². The van der Waals surface area contributed by atoms with Crippen molar-refractivity contribution in [1.29, 1.82) is 0 Å². The number of unbranched alkanes of at least 4 members (excludes halogenated alkanes) is 2. The SMILES string of the molecule is CCCCCC(=O)c1ccc(C(C)COC(=O)OC2[C@@H](CC)O[C@@H](n3ccc(=O)[nH]c3=O)[C@H]2O[Si](C(C)C)(C(C)C)C(C)C)c([N+](=O)[O-])c1. The Morgan fingerprint density at radius 1 is 1.00 bits per heavy atom. The summed E-state index contributed by atoms with van der Waals surface area (Å²) in [5.74, 6) is -0.750. The number of ketones is 1. The lowest BCUT2D eigenvalue weighted by atomic mass is 9.96. The summed E-state index contributed by atoms with van der Waals surface area (Å²) in [5, 5.41) is 12.0. The lowest BCUT2D eigenvalue weighted by Crippen LogP contribution is -2.54. The molecule has 2 heterocycles. The summed E-state index contributed by atoms with van der Waals surface area (Å²) in [5.41, 5.74) is -0.399. The van der Waals surface area contributed by atoms with Crippen LogP contribution in [0.2, 0.25) is 16.6 Å². The summed E-state index contributed by atoms with van der Waals surface area (Å²) in [6.07, 6.45) is 0.0976. The summed E-state index contributed by atoms with van der Waals surface area (Å²) in [4.78, 5) is 64.5. The lowest BCUT2D eigenvalue weighted by molar-refractivity contribution is -0.385. The number of nitrogens with zero attached hydrogens (tertiary/aromatic N) is 2. The third-order valence-electron chi connectivity index (χ3n) is 9.63. The number of carbonyl (C=O) groups excluding carboxylic acids is 2. The molecule has 1 aromatic heterocycles. The number of aromatic nitrogens is 2. The number of Topliss-reactive ketones (excluding diaryl/α,β-unsaturated/α-hetero) is 1. The molecular weight excluding hydrogens is 650 g/mol. The highest BCUT2D eigenvalue weighted by atomic mass is 28.4. The van der Waals surface area contributed by atoms with E-state index in [2.05, 4.69) is 46.5 Å². The number of nitro benzene ring substituents is 1. The normalized spacial score (nSPS) is 20.2. The van der Waals surface area contributed by atoms with Crippen LogP contribution >= 0.6 is 0 Å². The summed E-state index contributed by atoms with van der Waals surface area (Å²) in [6.45, 7) is 18.0. The van der Waals surface area contributed by atoms with Gasteiger partial charge in [-0.15, -0.1) is 0 Å². The lowest BCUT2D eigenvalue weighted by Gasteiger charge is -2.45. The molecule has 13 nitrogen and oxygen atoms in total. The standard InChI is InChI=1S/C35H53N3O10Si/c1-10-12-13-14-28(39)25-15-16-26(27(19-25)38(43)44)24(9)20-45-35(42)47-31-29(11-2)46-33(37-18-17-30(40)36-34(37)41)32(31)48-49(21(3)4,22(5)6)23(7)8/h15-19,21-24,29,31-33H,10-14,20H2,1-9H3,(H,36,40,41)/t24?,29-,31?,32+,33-/m1/s1. The van der Waals surface area contributed by atoms with Crippen molar-refractivity contribution >= 4 is 25.9 Å². The number of H-pyrrole nitrogens is 1. The highest BCUT2D eigenvalue weighted by Gasteiger charge is 2.55. The van der Waals surface area contributed by atoms with Crippen LogP contribution in [0.3, 0.4) is 0 Å². The number of ether oxygens (including phenoxy) is 3. The van der Waals surface area contributed by atoms with Crippen molar-refractivity contribution in [3.63, 3.8) is 0 Å². The van der Waals surface area contributed by atoms with Gasteiger partial charge in [-0.3, -0.25) is 29.3 Å². The van der Waals surface area contributed by atoms with Crippen LogP contribution in [-0.4, -0.2) is 59.6 Å². The van der Waals surface area contributed by atoms with Gasteiger partial charge in [-0.1, -0.05) is 87.3 Å². The topological polar surface area (TPSA) is 169 Å². The Morgan fingerprint density at radius 3 is 2.20 bits per heavy atom. The van der Waals surface area contributed by atoms with Gasteiger partial charge in [-0.2, -0.15) is 0 Å².